The lowest BCUT2D eigenvalue weighted by atomic mass is 10.2. The summed E-state index contributed by atoms with van der Waals surface area (Å²) in [6.45, 7) is 3.87. The van der Waals surface area contributed by atoms with Gasteiger partial charge in [0.1, 0.15) is 10.8 Å². The summed E-state index contributed by atoms with van der Waals surface area (Å²) < 4.78 is 43.9. The van der Waals surface area contributed by atoms with Gasteiger partial charge in [0.15, 0.2) is 11.7 Å². The van der Waals surface area contributed by atoms with Crippen LogP contribution in [0.15, 0.2) is 34.6 Å². The van der Waals surface area contributed by atoms with E-state index in [1.54, 1.807) is 0 Å². The molecule has 1 aliphatic carbocycles. The lowest BCUT2D eigenvalue weighted by Gasteiger charge is -2.12. The molecule has 0 bridgehead atoms. The topological polar surface area (TPSA) is 58.5 Å². The molecule has 1 aliphatic rings. The van der Waals surface area contributed by atoms with Crippen LogP contribution < -0.4 is 15.4 Å². The number of rotatable bonds is 8. The van der Waals surface area contributed by atoms with Gasteiger partial charge in [-0.3, -0.25) is 0 Å². The third-order valence-corrected chi connectivity index (χ3v) is 4.99. The van der Waals surface area contributed by atoms with Crippen molar-refractivity contribution in [2.45, 2.75) is 39.0 Å². The second kappa shape index (κ2) is 11.0. The van der Waals surface area contributed by atoms with E-state index in [9.17, 15) is 13.2 Å². The normalized spacial score (nSPS) is 14.3. The van der Waals surface area contributed by atoms with Crippen molar-refractivity contribution in [1.29, 1.82) is 0 Å². The number of benzene rings is 1. The number of nitrogens with one attached hydrogen (secondary N) is 2. The lowest BCUT2D eigenvalue weighted by molar-refractivity contribution is -0.140. The van der Waals surface area contributed by atoms with Gasteiger partial charge in [0, 0.05) is 17.5 Å². The maximum atomic E-state index is 12.7. The molecule has 0 radical (unpaired) electrons. The van der Waals surface area contributed by atoms with E-state index in [0.29, 0.717) is 30.0 Å². The van der Waals surface area contributed by atoms with Crippen molar-refractivity contribution < 1.29 is 17.9 Å². The molecule has 10 heteroatoms. The molecule has 0 unspecified atom stereocenters. The first-order chi connectivity index (χ1) is 13.5. The number of ether oxygens (including phenoxy) is 1. The van der Waals surface area contributed by atoms with Crippen LogP contribution in [0, 0.1) is 5.92 Å². The SMILES string of the molecule is CCNC(=NCc1ccccc1OCC1CC1)NCc1nc(C(F)(F)F)cs1.I. The van der Waals surface area contributed by atoms with Gasteiger partial charge in [-0.05, 0) is 31.7 Å². The minimum Gasteiger partial charge on any atom is -0.493 e. The van der Waals surface area contributed by atoms with Gasteiger partial charge in [0.2, 0.25) is 0 Å². The predicted octanol–water partition coefficient (Wildman–Crippen LogP) is 4.82. The highest BCUT2D eigenvalue weighted by molar-refractivity contribution is 14.0. The summed E-state index contributed by atoms with van der Waals surface area (Å²) in [6, 6.07) is 7.76. The van der Waals surface area contributed by atoms with E-state index in [1.165, 1.54) is 12.8 Å². The Morgan fingerprint density at radius 1 is 1.28 bits per heavy atom. The maximum absolute atomic E-state index is 12.7. The Morgan fingerprint density at radius 2 is 2.03 bits per heavy atom. The van der Waals surface area contributed by atoms with Crippen LogP contribution in [-0.2, 0) is 19.3 Å². The number of alkyl halides is 3. The van der Waals surface area contributed by atoms with Gasteiger partial charge in [0.25, 0.3) is 0 Å². The van der Waals surface area contributed by atoms with Crippen LogP contribution in [0.3, 0.4) is 0 Å². The first kappa shape index (κ1) is 23.7. The zero-order valence-electron chi connectivity index (χ0n) is 16.0. The van der Waals surface area contributed by atoms with Gasteiger partial charge < -0.3 is 15.4 Å². The van der Waals surface area contributed by atoms with Crippen molar-refractivity contribution in [3.05, 3.63) is 45.9 Å². The molecule has 1 fully saturated rings. The highest BCUT2D eigenvalue weighted by atomic mass is 127. The molecule has 5 nitrogen and oxygen atoms in total. The number of aromatic nitrogens is 1. The highest BCUT2D eigenvalue weighted by Crippen LogP contribution is 2.31. The fourth-order valence-corrected chi connectivity index (χ4v) is 3.20. The molecule has 3 rings (SSSR count). The first-order valence-electron chi connectivity index (χ1n) is 9.20. The Morgan fingerprint density at radius 3 is 2.69 bits per heavy atom. The molecule has 1 saturated carbocycles. The van der Waals surface area contributed by atoms with Crippen molar-refractivity contribution in [1.82, 2.24) is 15.6 Å². The van der Waals surface area contributed by atoms with Crippen molar-refractivity contribution in [2.75, 3.05) is 13.2 Å². The van der Waals surface area contributed by atoms with Crippen molar-refractivity contribution in [2.24, 2.45) is 10.9 Å². The second-order valence-corrected chi connectivity index (χ2v) is 7.48. The zero-order valence-corrected chi connectivity index (χ0v) is 19.1. The third kappa shape index (κ3) is 7.65. The number of hydrogen-bond acceptors (Lipinski definition) is 4. The Hall–Kier alpha value is -1.56. The van der Waals surface area contributed by atoms with E-state index < -0.39 is 11.9 Å². The summed E-state index contributed by atoms with van der Waals surface area (Å²) in [5.74, 6) is 2.00. The van der Waals surface area contributed by atoms with Crippen molar-refractivity contribution >= 4 is 41.3 Å². The van der Waals surface area contributed by atoms with Gasteiger partial charge in [-0.15, -0.1) is 35.3 Å². The smallest absolute Gasteiger partial charge is 0.434 e. The van der Waals surface area contributed by atoms with E-state index >= 15 is 0 Å². The maximum Gasteiger partial charge on any atom is 0.434 e. The average molecular weight is 540 g/mol. The van der Waals surface area contributed by atoms with Crippen LogP contribution in [0.2, 0.25) is 0 Å². The minimum absolute atomic E-state index is 0. The lowest BCUT2D eigenvalue weighted by Crippen LogP contribution is -2.36. The predicted molar refractivity (Wildman–Crippen MR) is 119 cm³/mol. The highest BCUT2D eigenvalue weighted by Gasteiger charge is 2.33. The summed E-state index contributed by atoms with van der Waals surface area (Å²) in [5.41, 5.74) is 0.104. The first-order valence-corrected chi connectivity index (χ1v) is 10.1. The number of thiazole rings is 1. The summed E-state index contributed by atoms with van der Waals surface area (Å²) in [5, 5.41) is 7.50. The molecule has 1 heterocycles. The fourth-order valence-electron chi connectivity index (χ4n) is 2.46. The molecule has 0 atom stereocenters. The number of aliphatic imine (C=N–C) groups is 1. The molecule has 2 aromatic rings. The summed E-state index contributed by atoms with van der Waals surface area (Å²) >= 11 is 0.972. The Labute approximate surface area is 189 Å². The molecular formula is C19H24F3IN4OS. The molecule has 0 aliphatic heterocycles. The Bertz CT molecular complexity index is 809. The summed E-state index contributed by atoms with van der Waals surface area (Å²) in [7, 11) is 0. The molecule has 29 heavy (non-hydrogen) atoms. The minimum atomic E-state index is -4.42. The van der Waals surface area contributed by atoms with Gasteiger partial charge in [-0.25, -0.2) is 9.98 Å². The molecule has 1 aromatic heterocycles. The molecule has 1 aromatic carbocycles. The van der Waals surface area contributed by atoms with Crippen molar-refractivity contribution in [3.8, 4) is 5.75 Å². The van der Waals surface area contributed by atoms with Crippen LogP contribution in [0.25, 0.3) is 0 Å². The number of hydrogen-bond donors (Lipinski definition) is 2. The van der Waals surface area contributed by atoms with E-state index in [1.807, 2.05) is 31.2 Å². The largest absolute Gasteiger partial charge is 0.493 e. The fraction of sp³-hybridized carbons (Fsp3) is 0.474. The second-order valence-electron chi connectivity index (χ2n) is 6.54. The van der Waals surface area contributed by atoms with Crippen LogP contribution >= 0.6 is 35.3 Å². The summed E-state index contributed by atoms with van der Waals surface area (Å²) in [6.07, 6.45) is -1.97. The molecular weight excluding hydrogens is 516 g/mol. The average Bonchev–Trinajstić information content (AvgIpc) is 3.36. The number of halogens is 4. The van der Waals surface area contributed by atoms with Crippen LogP contribution in [0.4, 0.5) is 13.2 Å². The van der Waals surface area contributed by atoms with E-state index in [2.05, 4.69) is 20.6 Å². The zero-order chi connectivity index (χ0) is 20.0. The summed E-state index contributed by atoms with van der Waals surface area (Å²) in [4.78, 5) is 8.15. The van der Waals surface area contributed by atoms with Gasteiger partial charge >= 0.3 is 6.18 Å². The van der Waals surface area contributed by atoms with Gasteiger partial charge in [-0.2, -0.15) is 13.2 Å². The number of guanidine groups is 1. The molecule has 0 saturated heterocycles. The molecule has 0 spiro atoms. The Balaban J connectivity index is 0.00000300. The standard InChI is InChI=1S/C19H23F3N4OS.HI/c1-2-23-18(25-10-17-26-16(12-28-17)19(20,21)22)24-9-14-5-3-4-6-15(14)27-11-13-7-8-13;/h3-6,12-13H,2,7-11H2,1H3,(H2,23,24,25);1H. The Kier molecular flexibility index (Phi) is 9.00. The van der Waals surface area contributed by atoms with Crippen LogP contribution in [0.5, 0.6) is 5.75 Å². The van der Waals surface area contributed by atoms with Gasteiger partial charge in [0.05, 0.1) is 19.7 Å². The van der Waals surface area contributed by atoms with E-state index in [-0.39, 0.29) is 30.5 Å². The quantitative estimate of drug-likeness (QED) is 0.287. The van der Waals surface area contributed by atoms with Crippen LogP contribution in [0.1, 0.15) is 36.0 Å². The van der Waals surface area contributed by atoms with E-state index in [4.69, 9.17) is 4.74 Å². The molecule has 160 valence electrons. The monoisotopic (exact) mass is 540 g/mol. The van der Waals surface area contributed by atoms with Crippen molar-refractivity contribution in [3.63, 3.8) is 0 Å². The number of para-hydroxylation sites is 1. The van der Waals surface area contributed by atoms with Gasteiger partial charge in [-0.1, -0.05) is 18.2 Å². The van der Waals surface area contributed by atoms with Crippen LogP contribution in [-0.4, -0.2) is 24.1 Å². The van der Waals surface area contributed by atoms with E-state index in [0.717, 1.165) is 34.6 Å². The molecule has 2 N–H and O–H groups in total. The third-order valence-electron chi connectivity index (χ3n) is 4.15. The molecule has 0 amide bonds. The number of nitrogens with zero attached hydrogens (tertiary/aromatic N) is 2.